The van der Waals surface area contributed by atoms with Crippen LogP contribution in [0.2, 0.25) is 0 Å². The van der Waals surface area contributed by atoms with Crippen molar-refractivity contribution in [3.63, 3.8) is 0 Å². The molecule has 7 rings (SSSR count). The van der Waals surface area contributed by atoms with E-state index in [1.165, 1.54) is 12.8 Å². The van der Waals surface area contributed by atoms with Crippen molar-refractivity contribution in [1.82, 2.24) is 31.3 Å². The van der Waals surface area contributed by atoms with Crippen molar-refractivity contribution >= 4 is 23.5 Å². The van der Waals surface area contributed by atoms with E-state index in [4.69, 9.17) is 9.47 Å². The van der Waals surface area contributed by atoms with Crippen LogP contribution in [0.5, 0.6) is 0 Å². The molecule has 6 saturated heterocycles. The normalized spacial score (nSPS) is 46.9. The van der Waals surface area contributed by atoms with Crippen LogP contribution in [0.25, 0.3) is 0 Å². The van der Waals surface area contributed by atoms with Crippen LogP contribution in [-0.4, -0.2) is 128 Å². The molecule has 0 amide bonds. The number of hydrazine groups is 1. The SMILES string of the molecule is CC1NN(C2CCNC(NC3CCC(C4CSC5C(=O)CC(N6CCOCC6)OC54)CC3)N2)CC1C[NH+]1CC1C(=O)[O-]. The summed E-state index contributed by atoms with van der Waals surface area (Å²) in [5, 5.41) is 24.8. The Kier molecular flexibility index (Phi) is 9.13. The number of carbonyl (C=O) groups excluding carboxylic acids is 2. The molecule has 1 aliphatic carbocycles. The third-order valence-corrected chi connectivity index (χ3v) is 12.5. The molecule has 7 aliphatic rings. The molecule has 0 aromatic carbocycles. The summed E-state index contributed by atoms with van der Waals surface area (Å²) in [7, 11) is 0. The maximum Gasteiger partial charge on any atom is 0.177 e. The predicted molar refractivity (Wildman–Crippen MR) is 155 cm³/mol. The van der Waals surface area contributed by atoms with Crippen LogP contribution in [0.3, 0.4) is 0 Å². The van der Waals surface area contributed by atoms with Crippen LogP contribution < -0.4 is 31.4 Å². The quantitative estimate of drug-likeness (QED) is 0.179. The Morgan fingerprint density at radius 3 is 2.76 bits per heavy atom. The molecular weight excluding hydrogens is 558 g/mol. The van der Waals surface area contributed by atoms with Gasteiger partial charge in [0.1, 0.15) is 25.0 Å². The summed E-state index contributed by atoms with van der Waals surface area (Å²) in [4.78, 5) is 27.7. The van der Waals surface area contributed by atoms with Crippen molar-refractivity contribution in [3.8, 4) is 0 Å². The van der Waals surface area contributed by atoms with E-state index in [0.29, 0.717) is 48.6 Å². The zero-order valence-electron chi connectivity index (χ0n) is 24.8. The summed E-state index contributed by atoms with van der Waals surface area (Å²) in [6.07, 6.45) is 6.49. The highest BCUT2D eigenvalue weighted by atomic mass is 32.2. The average Bonchev–Trinajstić information content (AvgIpc) is 3.49. The van der Waals surface area contributed by atoms with Crippen molar-refractivity contribution in [3.05, 3.63) is 0 Å². The van der Waals surface area contributed by atoms with Crippen LogP contribution in [0, 0.1) is 17.8 Å². The number of carboxylic acids is 1. The molecule has 0 aromatic heterocycles. The van der Waals surface area contributed by atoms with Gasteiger partial charge in [-0.25, -0.2) is 5.01 Å². The monoisotopic (exact) mass is 607 g/mol. The van der Waals surface area contributed by atoms with Gasteiger partial charge in [0.25, 0.3) is 0 Å². The predicted octanol–water partition coefficient (Wildman–Crippen LogP) is -3.08. The second kappa shape index (κ2) is 12.9. The number of thioether (sulfide) groups is 1. The summed E-state index contributed by atoms with van der Waals surface area (Å²) in [6.45, 7) is 8.83. The zero-order chi connectivity index (χ0) is 28.8. The van der Waals surface area contributed by atoms with Crippen LogP contribution in [0.4, 0.5) is 0 Å². The Morgan fingerprint density at radius 1 is 1.19 bits per heavy atom. The van der Waals surface area contributed by atoms with E-state index >= 15 is 0 Å². The maximum absolute atomic E-state index is 13.1. The molecule has 0 bridgehead atoms. The molecule has 236 valence electrons. The van der Waals surface area contributed by atoms with Crippen molar-refractivity contribution in [2.24, 2.45) is 17.8 Å². The van der Waals surface area contributed by atoms with Gasteiger partial charge in [-0.2, -0.15) is 0 Å². The third-order valence-electron chi connectivity index (χ3n) is 11.0. The van der Waals surface area contributed by atoms with Gasteiger partial charge < -0.3 is 24.3 Å². The van der Waals surface area contributed by atoms with Gasteiger partial charge in [0.15, 0.2) is 11.8 Å². The Hall–Kier alpha value is -0.870. The minimum absolute atomic E-state index is 0.0238. The number of nitrogens with one attached hydrogen (secondary N) is 5. The Bertz CT molecular complexity index is 982. The number of morpholine rings is 1. The summed E-state index contributed by atoms with van der Waals surface area (Å²) in [6, 6.07) is 0.487. The molecule has 0 spiro atoms. The van der Waals surface area contributed by atoms with E-state index in [1.54, 1.807) is 0 Å². The fourth-order valence-corrected chi connectivity index (χ4v) is 10.0. The number of ether oxygens (including phenoxy) is 2. The average molecular weight is 608 g/mol. The second-order valence-electron chi connectivity index (χ2n) is 13.7. The van der Waals surface area contributed by atoms with E-state index < -0.39 is 5.97 Å². The maximum atomic E-state index is 13.1. The minimum Gasteiger partial charge on any atom is -0.544 e. The Morgan fingerprint density at radius 2 is 2.00 bits per heavy atom. The fourth-order valence-electron chi connectivity index (χ4n) is 8.39. The number of fused-ring (bicyclic) bond motifs is 1. The van der Waals surface area contributed by atoms with E-state index in [1.807, 2.05) is 11.8 Å². The minimum atomic E-state index is -0.912. The van der Waals surface area contributed by atoms with Gasteiger partial charge in [-0.3, -0.25) is 31.1 Å². The molecule has 6 heterocycles. The number of nitrogens with zero attached hydrogens (tertiary/aromatic N) is 2. The van der Waals surface area contributed by atoms with E-state index in [9.17, 15) is 14.7 Å². The highest BCUT2D eigenvalue weighted by molar-refractivity contribution is 8.01. The number of carboxylic acid groups (broad SMARTS) is 1. The highest BCUT2D eigenvalue weighted by Crippen LogP contribution is 2.46. The van der Waals surface area contributed by atoms with Crippen molar-refractivity contribution in [2.75, 3.05) is 58.2 Å². The molecule has 7 fully saturated rings. The molecule has 10 unspecified atom stereocenters. The smallest absolute Gasteiger partial charge is 0.177 e. The molecule has 0 aromatic rings. The number of rotatable bonds is 8. The first-order valence-corrected chi connectivity index (χ1v) is 17.4. The molecular formula is C29H49N7O5S. The molecule has 5 N–H and O–H groups in total. The third kappa shape index (κ3) is 6.42. The van der Waals surface area contributed by atoms with Gasteiger partial charge >= 0.3 is 0 Å². The number of quaternary nitrogens is 1. The molecule has 10 atom stereocenters. The Balaban J connectivity index is 0.869. The lowest BCUT2D eigenvalue weighted by Gasteiger charge is -2.43. The molecule has 6 aliphatic heterocycles. The van der Waals surface area contributed by atoms with Crippen LogP contribution in [0.1, 0.15) is 45.4 Å². The van der Waals surface area contributed by atoms with Gasteiger partial charge in [0.05, 0.1) is 37.3 Å². The number of aliphatic carboxylic acids is 1. The summed E-state index contributed by atoms with van der Waals surface area (Å²) in [5.74, 6) is 2.04. The highest BCUT2D eigenvalue weighted by Gasteiger charge is 2.51. The number of hydrogen-bond donors (Lipinski definition) is 5. The first-order chi connectivity index (χ1) is 20.4. The molecule has 13 heteroatoms. The van der Waals surface area contributed by atoms with Crippen molar-refractivity contribution < 1.29 is 29.1 Å². The van der Waals surface area contributed by atoms with E-state index in [2.05, 4.69) is 38.2 Å². The van der Waals surface area contributed by atoms with Gasteiger partial charge in [0, 0.05) is 50.6 Å². The lowest BCUT2D eigenvalue weighted by molar-refractivity contribution is -0.775. The second-order valence-corrected chi connectivity index (χ2v) is 14.9. The van der Waals surface area contributed by atoms with Crippen molar-refractivity contribution in [1.29, 1.82) is 0 Å². The fraction of sp³-hybridized carbons (Fsp3) is 0.931. The first kappa shape index (κ1) is 29.8. The van der Waals surface area contributed by atoms with Gasteiger partial charge in [0.2, 0.25) is 0 Å². The lowest BCUT2D eigenvalue weighted by Crippen LogP contribution is -2.97. The van der Waals surface area contributed by atoms with Crippen LogP contribution in [-0.2, 0) is 19.1 Å². The van der Waals surface area contributed by atoms with Crippen LogP contribution >= 0.6 is 11.8 Å². The summed E-state index contributed by atoms with van der Waals surface area (Å²) < 4.78 is 12.2. The summed E-state index contributed by atoms with van der Waals surface area (Å²) >= 11 is 1.84. The van der Waals surface area contributed by atoms with Gasteiger partial charge in [-0.1, -0.05) is 0 Å². The largest absolute Gasteiger partial charge is 0.544 e. The van der Waals surface area contributed by atoms with Crippen LogP contribution in [0.15, 0.2) is 0 Å². The number of carbonyl (C=O) groups is 2. The van der Waals surface area contributed by atoms with Gasteiger partial charge in [-0.05, 0) is 56.6 Å². The van der Waals surface area contributed by atoms with E-state index in [0.717, 1.165) is 75.9 Å². The topological polar surface area (TPSA) is 135 Å². The van der Waals surface area contributed by atoms with E-state index in [-0.39, 0.29) is 36.1 Å². The standard InChI is InChI=1S/C29H49N7O5S/c1-17-19(13-35-15-22(35)28(38)39)14-36(33-17)24-6-7-30-29(32-24)31-20-4-2-18(3-5-20)21-16-42-27-23(37)12-25(41-26(21)27)34-8-10-40-11-9-34/h17-22,24-27,29-33H,2-16H2,1H3,(H,38,39). The molecule has 12 nitrogen and oxygen atoms in total. The van der Waals surface area contributed by atoms with Crippen molar-refractivity contribution in [2.45, 2.75) is 93.6 Å². The number of ketones is 1. The zero-order valence-corrected chi connectivity index (χ0v) is 25.6. The molecule has 0 radical (unpaired) electrons. The number of hydrogen-bond acceptors (Lipinski definition) is 12. The Labute approximate surface area is 253 Å². The summed E-state index contributed by atoms with van der Waals surface area (Å²) in [5.41, 5.74) is 3.65. The van der Waals surface area contributed by atoms with Gasteiger partial charge in [-0.15, -0.1) is 11.8 Å². The lowest BCUT2D eigenvalue weighted by atomic mass is 9.75. The molecule has 1 saturated carbocycles. The first-order valence-electron chi connectivity index (χ1n) is 16.4. The molecule has 42 heavy (non-hydrogen) atoms. The number of Topliss-reactive ketones (excluding diaryl/α,β-unsaturated/α-hetero) is 1.